The summed E-state index contributed by atoms with van der Waals surface area (Å²) in [5.41, 5.74) is 0.0678. The van der Waals surface area contributed by atoms with Crippen LogP contribution in [-0.4, -0.2) is 5.11 Å². The van der Waals surface area contributed by atoms with Crippen molar-refractivity contribution in [2.75, 3.05) is 0 Å². The molecule has 0 radical (unpaired) electrons. The molecule has 5 heteroatoms. The number of rotatable bonds is 1. The van der Waals surface area contributed by atoms with E-state index in [2.05, 4.69) is 15.9 Å². The molecular formula is C9H6BrF2NO. The van der Waals surface area contributed by atoms with E-state index in [4.69, 9.17) is 5.26 Å². The molecule has 2 nitrogen and oxygen atoms in total. The summed E-state index contributed by atoms with van der Waals surface area (Å²) in [5, 5.41) is 18.0. The van der Waals surface area contributed by atoms with Gasteiger partial charge in [-0.15, -0.1) is 0 Å². The summed E-state index contributed by atoms with van der Waals surface area (Å²) >= 11 is 2.70. The van der Waals surface area contributed by atoms with Gasteiger partial charge in [0, 0.05) is 5.56 Å². The van der Waals surface area contributed by atoms with E-state index in [1.54, 1.807) is 0 Å². The Morgan fingerprint density at radius 2 is 2.14 bits per heavy atom. The zero-order valence-corrected chi connectivity index (χ0v) is 8.77. The highest BCUT2D eigenvalue weighted by Gasteiger charge is 2.19. The van der Waals surface area contributed by atoms with Crippen molar-refractivity contribution < 1.29 is 13.9 Å². The van der Waals surface area contributed by atoms with E-state index in [9.17, 15) is 13.9 Å². The Morgan fingerprint density at radius 3 is 2.64 bits per heavy atom. The van der Waals surface area contributed by atoms with Gasteiger partial charge in [0.2, 0.25) is 0 Å². The quantitative estimate of drug-likeness (QED) is 0.790. The maximum Gasteiger partial charge on any atom is 0.176 e. The zero-order chi connectivity index (χ0) is 10.9. The lowest BCUT2D eigenvalue weighted by Crippen LogP contribution is -1.96. The largest absolute Gasteiger partial charge is 0.506 e. The Labute approximate surface area is 87.9 Å². The fourth-order valence-electron chi connectivity index (χ4n) is 1.00. The second-order valence-electron chi connectivity index (χ2n) is 2.77. The SMILES string of the molecule is CC(C#N)c1cc(F)c(F)c(Br)c1O. The van der Waals surface area contributed by atoms with Gasteiger partial charge in [-0.1, -0.05) is 0 Å². The number of aromatic hydroxyl groups is 1. The number of nitrogens with zero attached hydrogens (tertiary/aromatic N) is 1. The fraction of sp³-hybridized carbons (Fsp3) is 0.222. The third-order valence-corrected chi connectivity index (χ3v) is 2.55. The molecule has 1 rings (SSSR count). The molecule has 0 aliphatic heterocycles. The van der Waals surface area contributed by atoms with Crippen molar-refractivity contribution >= 4 is 15.9 Å². The lowest BCUT2D eigenvalue weighted by atomic mass is 10.0. The van der Waals surface area contributed by atoms with Crippen LogP contribution in [0.4, 0.5) is 8.78 Å². The third kappa shape index (κ3) is 1.70. The lowest BCUT2D eigenvalue weighted by molar-refractivity contribution is 0.440. The van der Waals surface area contributed by atoms with E-state index in [1.165, 1.54) is 6.92 Å². The third-order valence-electron chi connectivity index (χ3n) is 1.83. The Kier molecular flexibility index (Phi) is 3.06. The Bertz CT molecular complexity index is 414. The smallest absolute Gasteiger partial charge is 0.176 e. The molecule has 0 heterocycles. The topological polar surface area (TPSA) is 44.0 Å². The minimum atomic E-state index is -1.16. The average Bonchev–Trinajstić information content (AvgIpc) is 2.19. The summed E-state index contributed by atoms with van der Waals surface area (Å²) < 4.78 is 25.4. The van der Waals surface area contributed by atoms with Crippen LogP contribution in [0.3, 0.4) is 0 Å². The van der Waals surface area contributed by atoms with Gasteiger partial charge in [0.05, 0.1) is 16.5 Å². The number of benzene rings is 1. The van der Waals surface area contributed by atoms with Crippen LogP contribution in [0.2, 0.25) is 0 Å². The van der Waals surface area contributed by atoms with E-state index in [1.807, 2.05) is 6.07 Å². The molecule has 74 valence electrons. The molecule has 0 aromatic heterocycles. The first-order chi connectivity index (χ1) is 6.49. The van der Waals surface area contributed by atoms with Crippen molar-refractivity contribution in [3.05, 3.63) is 27.7 Å². The normalized spacial score (nSPS) is 12.2. The van der Waals surface area contributed by atoms with Gasteiger partial charge < -0.3 is 5.11 Å². The molecule has 0 saturated carbocycles. The van der Waals surface area contributed by atoms with E-state index < -0.39 is 23.3 Å². The van der Waals surface area contributed by atoms with Crippen molar-refractivity contribution in [3.63, 3.8) is 0 Å². The molecule has 14 heavy (non-hydrogen) atoms. The van der Waals surface area contributed by atoms with Crippen molar-refractivity contribution in [2.45, 2.75) is 12.8 Å². The summed E-state index contributed by atoms with van der Waals surface area (Å²) in [4.78, 5) is 0. The first-order valence-corrected chi connectivity index (χ1v) is 4.54. The van der Waals surface area contributed by atoms with E-state index in [-0.39, 0.29) is 10.0 Å². The van der Waals surface area contributed by atoms with E-state index in [0.29, 0.717) is 0 Å². The average molecular weight is 262 g/mol. The minimum absolute atomic E-state index is 0.0678. The summed E-state index contributed by atoms with van der Waals surface area (Å²) in [6.07, 6.45) is 0. The summed E-state index contributed by atoms with van der Waals surface area (Å²) in [6.45, 7) is 1.48. The lowest BCUT2D eigenvalue weighted by Gasteiger charge is -2.08. The summed E-state index contributed by atoms with van der Waals surface area (Å²) in [7, 11) is 0. The molecule has 0 amide bonds. The van der Waals surface area contributed by atoms with E-state index in [0.717, 1.165) is 6.07 Å². The number of hydrogen-bond acceptors (Lipinski definition) is 2. The minimum Gasteiger partial charge on any atom is -0.506 e. The summed E-state index contributed by atoms with van der Waals surface area (Å²) in [5.74, 6) is -3.37. The number of nitriles is 1. The molecule has 1 atom stereocenters. The first kappa shape index (κ1) is 10.9. The molecule has 0 fully saturated rings. The molecule has 0 aliphatic carbocycles. The number of phenolic OH excluding ortho intramolecular Hbond substituents is 1. The fourth-order valence-corrected chi connectivity index (χ4v) is 1.42. The number of hydrogen-bond donors (Lipinski definition) is 1. The van der Waals surface area contributed by atoms with Gasteiger partial charge in [-0.25, -0.2) is 8.78 Å². The highest BCUT2D eigenvalue weighted by atomic mass is 79.9. The van der Waals surface area contributed by atoms with Gasteiger partial charge in [-0.2, -0.15) is 5.26 Å². The molecule has 0 bridgehead atoms. The molecule has 1 aromatic rings. The highest BCUT2D eigenvalue weighted by Crippen LogP contribution is 2.35. The van der Waals surface area contributed by atoms with Crippen LogP contribution < -0.4 is 0 Å². The van der Waals surface area contributed by atoms with E-state index >= 15 is 0 Å². The van der Waals surface area contributed by atoms with Gasteiger partial charge in [-0.05, 0) is 28.9 Å². The van der Waals surface area contributed by atoms with Gasteiger partial charge in [0.1, 0.15) is 5.75 Å². The van der Waals surface area contributed by atoms with Crippen LogP contribution in [0.15, 0.2) is 10.5 Å². The van der Waals surface area contributed by atoms with Crippen molar-refractivity contribution in [1.82, 2.24) is 0 Å². The van der Waals surface area contributed by atoms with Crippen molar-refractivity contribution in [2.24, 2.45) is 0 Å². The number of halogens is 3. The molecule has 1 unspecified atom stereocenters. The van der Waals surface area contributed by atoms with Crippen molar-refractivity contribution in [1.29, 1.82) is 5.26 Å². The van der Waals surface area contributed by atoms with Crippen LogP contribution in [0.1, 0.15) is 18.4 Å². The van der Waals surface area contributed by atoms with Crippen molar-refractivity contribution in [3.8, 4) is 11.8 Å². The maximum atomic E-state index is 12.9. The second-order valence-corrected chi connectivity index (χ2v) is 3.57. The molecule has 0 saturated heterocycles. The van der Waals surface area contributed by atoms with Crippen LogP contribution >= 0.6 is 15.9 Å². The first-order valence-electron chi connectivity index (χ1n) is 3.75. The molecule has 0 aliphatic rings. The monoisotopic (exact) mass is 261 g/mol. The predicted molar refractivity (Wildman–Crippen MR) is 49.8 cm³/mol. The highest BCUT2D eigenvalue weighted by molar-refractivity contribution is 9.10. The predicted octanol–water partition coefficient (Wildman–Crippen LogP) is 3.06. The Hall–Kier alpha value is -1.15. The van der Waals surface area contributed by atoms with Crippen LogP contribution in [-0.2, 0) is 0 Å². The Morgan fingerprint density at radius 1 is 1.57 bits per heavy atom. The van der Waals surface area contributed by atoms with Crippen LogP contribution in [0.5, 0.6) is 5.75 Å². The van der Waals surface area contributed by atoms with Gasteiger partial charge >= 0.3 is 0 Å². The molecule has 1 aromatic carbocycles. The molecule has 0 spiro atoms. The maximum absolute atomic E-state index is 12.9. The van der Waals surface area contributed by atoms with Gasteiger partial charge in [-0.3, -0.25) is 0 Å². The standard InChI is InChI=1S/C9H6BrF2NO/c1-4(3-13)5-2-6(11)8(12)7(10)9(5)14/h2,4,14H,1H3. The second kappa shape index (κ2) is 3.93. The Balaban J connectivity index is 3.42. The van der Waals surface area contributed by atoms with Crippen LogP contribution in [0.25, 0.3) is 0 Å². The van der Waals surface area contributed by atoms with Gasteiger partial charge in [0.15, 0.2) is 11.6 Å². The van der Waals surface area contributed by atoms with Crippen LogP contribution in [0, 0.1) is 23.0 Å². The zero-order valence-electron chi connectivity index (χ0n) is 7.18. The summed E-state index contributed by atoms with van der Waals surface area (Å²) in [6, 6.07) is 2.65. The number of phenols is 1. The molecule has 1 N–H and O–H groups in total. The molecular weight excluding hydrogens is 256 g/mol. The van der Waals surface area contributed by atoms with Gasteiger partial charge in [0.25, 0.3) is 0 Å².